The van der Waals surface area contributed by atoms with Crippen molar-refractivity contribution in [3.05, 3.63) is 29.8 Å². The molecule has 0 amide bonds. The van der Waals surface area contributed by atoms with E-state index in [0.29, 0.717) is 18.1 Å². The van der Waals surface area contributed by atoms with E-state index in [-0.39, 0.29) is 6.10 Å². The van der Waals surface area contributed by atoms with E-state index >= 15 is 0 Å². The van der Waals surface area contributed by atoms with E-state index in [1.165, 1.54) is 5.56 Å². The first-order chi connectivity index (χ1) is 10.1. The molecule has 2 rings (SSSR count). The fourth-order valence-electron chi connectivity index (χ4n) is 2.99. The number of rotatable bonds is 7. The highest BCUT2D eigenvalue weighted by Crippen LogP contribution is 2.33. The zero-order valence-electron chi connectivity index (χ0n) is 13.8. The van der Waals surface area contributed by atoms with Crippen LogP contribution in [0, 0.1) is 5.92 Å². The molecule has 0 bridgehead atoms. The first-order valence-corrected chi connectivity index (χ1v) is 8.21. The molecular formula is C18H29NO2. The summed E-state index contributed by atoms with van der Waals surface area (Å²) in [5, 5.41) is 3.69. The second-order valence-electron chi connectivity index (χ2n) is 6.31. The molecule has 3 atom stereocenters. The third kappa shape index (κ3) is 4.72. The fraction of sp³-hybridized carbons (Fsp3) is 0.667. The van der Waals surface area contributed by atoms with Crippen LogP contribution in [0.1, 0.15) is 52.1 Å². The van der Waals surface area contributed by atoms with E-state index in [4.69, 9.17) is 9.47 Å². The van der Waals surface area contributed by atoms with Crippen molar-refractivity contribution in [2.75, 3.05) is 13.2 Å². The zero-order valence-corrected chi connectivity index (χ0v) is 13.8. The fourth-order valence-corrected chi connectivity index (χ4v) is 2.99. The van der Waals surface area contributed by atoms with Crippen molar-refractivity contribution in [1.29, 1.82) is 0 Å². The predicted octanol–water partition coefficient (Wildman–Crippen LogP) is 3.94. The van der Waals surface area contributed by atoms with Crippen LogP contribution in [0.4, 0.5) is 0 Å². The van der Waals surface area contributed by atoms with Crippen LogP contribution in [0.2, 0.25) is 0 Å². The Balaban J connectivity index is 2.15. The minimum absolute atomic E-state index is 0.206. The molecule has 1 aliphatic heterocycles. The van der Waals surface area contributed by atoms with Crippen molar-refractivity contribution in [2.24, 2.45) is 5.92 Å². The summed E-state index contributed by atoms with van der Waals surface area (Å²) >= 11 is 0. The Hall–Kier alpha value is -1.06. The highest BCUT2D eigenvalue weighted by molar-refractivity contribution is 5.31. The molecule has 21 heavy (non-hydrogen) atoms. The lowest BCUT2D eigenvalue weighted by Crippen LogP contribution is -2.29. The van der Waals surface area contributed by atoms with E-state index in [0.717, 1.165) is 31.7 Å². The van der Waals surface area contributed by atoms with Crippen LogP contribution in [0.25, 0.3) is 0 Å². The monoisotopic (exact) mass is 291 g/mol. The maximum atomic E-state index is 5.83. The molecule has 1 aromatic carbocycles. The molecule has 1 saturated heterocycles. The molecule has 1 heterocycles. The van der Waals surface area contributed by atoms with Gasteiger partial charge >= 0.3 is 0 Å². The number of benzene rings is 1. The van der Waals surface area contributed by atoms with E-state index in [1.54, 1.807) is 0 Å². The van der Waals surface area contributed by atoms with E-state index in [9.17, 15) is 0 Å². The van der Waals surface area contributed by atoms with Crippen LogP contribution in [0.15, 0.2) is 24.3 Å². The lowest BCUT2D eigenvalue weighted by molar-refractivity contribution is 0.117. The Morgan fingerprint density at radius 3 is 2.81 bits per heavy atom. The largest absolute Gasteiger partial charge is 0.491 e. The average Bonchev–Trinajstić information content (AvgIpc) is 2.85. The third-order valence-electron chi connectivity index (χ3n) is 3.90. The molecule has 3 nitrogen and oxygen atoms in total. The maximum Gasteiger partial charge on any atom is 0.120 e. The molecule has 0 saturated carbocycles. The minimum Gasteiger partial charge on any atom is -0.491 e. The summed E-state index contributed by atoms with van der Waals surface area (Å²) in [5.41, 5.74) is 1.31. The van der Waals surface area contributed by atoms with Crippen molar-refractivity contribution in [2.45, 2.75) is 58.8 Å². The van der Waals surface area contributed by atoms with Gasteiger partial charge in [0.15, 0.2) is 0 Å². The quantitative estimate of drug-likeness (QED) is 0.825. The number of ether oxygens (including phenoxy) is 2. The summed E-state index contributed by atoms with van der Waals surface area (Å²) < 4.78 is 11.6. The lowest BCUT2D eigenvalue weighted by Gasteiger charge is -2.25. The third-order valence-corrected chi connectivity index (χ3v) is 3.90. The van der Waals surface area contributed by atoms with Gasteiger partial charge in [0, 0.05) is 12.0 Å². The van der Waals surface area contributed by atoms with Gasteiger partial charge in [0.25, 0.3) is 0 Å². The molecule has 1 N–H and O–H groups in total. The Kier molecular flexibility index (Phi) is 6.07. The van der Waals surface area contributed by atoms with Crippen LogP contribution >= 0.6 is 0 Å². The molecule has 118 valence electrons. The number of hydrogen-bond acceptors (Lipinski definition) is 3. The molecular weight excluding hydrogens is 262 g/mol. The van der Waals surface area contributed by atoms with Gasteiger partial charge in [0.2, 0.25) is 0 Å². The predicted molar refractivity (Wildman–Crippen MR) is 86.8 cm³/mol. The van der Waals surface area contributed by atoms with Crippen molar-refractivity contribution in [3.8, 4) is 5.75 Å². The normalized spacial score (nSPS) is 23.5. The van der Waals surface area contributed by atoms with E-state index in [1.807, 2.05) is 6.07 Å². The number of nitrogens with one attached hydrogen (secondary N) is 1. The summed E-state index contributed by atoms with van der Waals surface area (Å²) in [6.07, 6.45) is 2.84. The summed E-state index contributed by atoms with van der Waals surface area (Å²) in [6, 6.07) is 8.85. The van der Waals surface area contributed by atoms with Crippen LogP contribution in [0.3, 0.4) is 0 Å². The van der Waals surface area contributed by atoms with Crippen molar-refractivity contribution in [3.63, 3.8) is 0 Å². The summed E-state index contributed by atoms with van der Waals surface area (Å²) in [4.78, 5) is 0. The van der Waals surface area contributed by atoms with Crippen LogP contribution in [0.5, 0.6) is 5.75 Å². The lowest BCUT2D eigenvalue weighted by atomic mass is 9.90. The number of hydrogen-bond donors (Lipinski definition) is 1. The van der Waals surface area contributed by atoms with E-state index < -0.39 is 0 Å². The summed E-state index contributed by atoms with van der Waals surface area (Å²) in [6.45, 7) is 10.4. The Morgan fingerprint density at radius 1 is 1.38 bits per heavy atom. The van der Waals surface area contributed by atoms with Crippen LogP contribution < -0.4 is 10.1 Å². The van der Waals surface area contributed by atoms with Crippen LogP contribution in [-0.2, 0) is 4.74 Å². The highest BCUT2D eigenvalue weighted by Gasteiger charge is 2.30. The van der Waals surface area contributed by atoms with Gasteiger partial charge in [-0.25, -0.2) is 0 Å². The SMILES string of the molecule is CCCNC(c1cccc(OC(C)C)c1)C1COC(C)C1. The second-order valence-corrected chi connectivity index (χ2v) is 6.31. The molecule has 0 aromatic heterocycles. The zero-order chi connectivity index (χ0) is 15.2. The Bertz CT molecular complexity index is 433. The second kappa shape index (κ2) is 7.81. The first-order valence-electron chi connectivity index (χ1n) is 8.21. The minimum atomic E-state index is 0.206. The summed E-state index contributed by atoms with van der Waals surface area (Å²) in [5.74, 6) is 1.50. The van der Waals surface area contributed by atoms with Gasteiger partial charge in [-0.15, -0.1) is 0 Å². The molecule has 0 aliphatic carbocycles. The maximum absolute atomic E-state index is 5.83. The van der Waals surface area contributed by atoms with Crippen molar-refractivity contribution < 1.29 is 9.47 Å². The summed E-state index contributed by atoms with van der Waals surface area (Å²) in [7, 11) is 0. The van der Waals surface area contributed by atoms with Gasteiger partial charge in [-0.05, 0) is 57.9 Å². The van der Waals surface area contributed by atoms with Crippen molar-refractivity contribution in [1.82, 2.24) is 5.32 Å². The molecule has 1 fully saturated rings. The van der Waals surface area contributed by atoms with Gasteiger partial charge in [-0.1, -0.05) is 19.1 Å². The highest BCUT2D eigenvalue weighted by atomic mass is 16.5. The topological polar surface area (TPSA) is 30.5 Å². The van der Waals surface area contributed by atoms with Crippen molar-refractivity contribution >= 4 is 0 Å². The standard InChI is InChI=1S/C18H29NO2/c1-5-9-19-18(16-10-14(4)20-12-16)15-7-6-8-17(11-15)21-13(2)3/h6-8,11,13-14,16,18-19H,5,9-10,12H2,1-4H3. The molecule has 0 radical (unpaired) electrons. The average molecular weight is 291 g/mol. The molecule has 0 spiro atoms. The van der Waals surface area contributed by atoms with Gasteiger partial charge in [-0.3, -0.25) is 0 Å². The first kappa shape index (κ1) is 16.3. The smallest absolute Gasteiger partial charge is 0.120 e. The van der Waals surface area contributed by atoms with Gasteiger partial charge in [0.1, 0.15) is 5.75 Å². The van der Waals surface area contributed by atoms with Gasteiger partial charge in [0.05, 0.1) is 18.8 Å². The van der Waals surface area contributed by atoms with Crippen LogP contribution in [-0.4, -0.2) is 25.4 Å². The Morgan fingerprint density at radius 2 is 2.19 bits per heavy atom. The Labute approximate surface area is 129 Å². The van der Waals surface area contributed by atoms with E-state index in [2.05, 4.69) is 51.2 Å². The molecule has 1 aliphatic rings. The van der Waals surface area contributed by atoms with Gasteiger partial charge < -0.3 is 14.8 Å². The molecule has 3 unspecified atom stereocenters. The molecule has 1 aromatic rings. The molecule has 3 heteroatoms. The van der Waals surface area contributed by atoms with Gasteiger partial charge in [-0.2, -0.15) is 0 Å².